The van der Waals surface area contributed by atoms with Gasteiger partial charge in [-0.15, -0.1) is 0 Å². The summed E-state index contributed by atoms with van der Waals surface area (Å²) in [6, 6.07) is 9.58. The van der Waals surface area contributed by atoms with E-state index in [2.05, 4.69) is 33.0 Å². The molecule has 1 heterocycles. The average Bonchev–Trinajstić information content (AvgIpc) is 2.62. The summed E-state index contributed by atoms with van der Waals surface area (Å²) in [5.41, 5.74) is 1.18. The number of hydrogen-bond donors (Lipinski definition) is 3. The van der Waals surface area contributed by atoms with Crippen molar-refractivity contribution in [2.75, 3.05) is 18.0 Å². The minimum Gasteiger partial charge on any atom is -0.369 e. The second-order valence-electron chi connectivity index (χ2n) is 6.78. The third kappa shape index (κ3) is 5.96. The number of anilines is 1. The van der Waals surface area contributed by atoms with E-state index in [0.717, 1.165) is 32.4 Å². The number of carbonyl (C=O) groups excluding carboxylic acids is 2. The molecule has 1 aliphatic heterocycles. The van der Waals surface area contributed by atoms with Crippen molar-refractivity contribution in [1.29, 1.82) is 0 Å². The number of amides is 3. The predicted molar refractivity (Wildman–Crippen MR) is 101 cm³/mol. The van der Waals surface area contributed by atoms with Gasteiger partial charge in [0.2, 0.25) is 5.91 Å². The van der Waals surface area contributed by atoms with Crippen LogP contribution in [0.5, 0.6) is 0 Å². The lowest BCUT2D eigenvalue weighted by Crippen LogP contribution is -2.54. The number of para-hydroxylation sites is 1. The average molecular weight is 346 g/mol. The van der Waals surface area contributed by atoms with Crippen LogP contribution in [0.1, 0.15) is 40.0 Å². The molecule has 0 saturated carbocycles. The summed E-state index contributed by atoms with van der Waals surface area (Å²) in [6.45, 7) is 7.44. The maximum absolute atomic E-state index is 12.2. The molecule has 0 bridgehead atoms. The highest BCUT2D eigenvalue weighted by Gasteiger charge is 2.23. The van der Waals surface area contributed by atoms with Crippen molar-refractivity contribution >= 4 is 17.6 Å². The zero-order valence-electron chi connectivity index (χ0n) is 15.4. The van der Waals surface area contributed by atoms with E-state index in [1.165, 1.54) is 5.69 Å². The van der Waals surface area contributed by atoms with Crippen LogP contribution in [-0.4, -0.2) is 43.2 Å². The van der Waals surface area contributed by atoms with Crippen LogP contribution >= 0.6 is 0 Å². The van der Waals surface area contributed by atoms with E-state index in [-0.39, 0.29) is 24.0 Å². The summed E-state index contributed by atoms with van der Waals surface area (Å²) in [6.07, 6.45) is 2.84. The Hall–Kier alpha value is -2.24. The molecular formula is C19H30N4O2. The molecule has 2 rings (SSSR count). The topological polar surface area (TPSA) is 73.5 Å². The molecule has 0 spiro atoms. The SMILES string of the molecule is CCC(C)NC(=O)C(C)NC(=O)NC1CCCN(c2ccccc2)C1. The number of benzene rings is 1. The van der Waals surface area contributed by atoms with Crippen LogP contribution in [0.15, 0.2) is 30.3 Å². The molecule has 6 heteroatoms. The molecule has 3 unspecified atom stereocenters. The summed E-state index contributed by atoms with van der Waals surface area (Å²) < 4.78 is 0. The number of nitrogens with one attached hydrogen (secondary N) is 3. The Morgan fingerprint density at radius 3 is 2.60 bits per heavy atom. The molecule has 0 aliphatic carbocycles. The van der Waals surface area contributed by atoms with Crippen molar-refractivity contribution in [1.82, 2.24) is 16.0 Å². The van der Waals surface area contributed by atoms with Gasteiger partial charge in [0.05, 0.1) is 0 Å². The van der Waals surface area contributed by atoms with Gasteiger partial charge in [-0.2, -0.15) is 0 Å². The highest BCUT2D eigenvalue weighted by atomic mass is 16.2. The van der Waals surface area contributed by atoms with Crippen molar-refractivity contribution in [3.8, 4) is 0 Å². The molecule has 1 fully saturated rings. The number of hydrogen-bond acceptors (Lipinski definition) is 3. The monoisotopic (exact) mass is 346 g/mol. The number of piperidine rings is 1. The number of nitrogens with zero attached hydrogens (tertiary/aromatic N) is 1. The predicted octanol–water partition coefficient (Wildman–Crippen LogP) is 2.26. The van der Waals surface area contributed by atoms with Crippen LogP contribution in [0.2, 0.25) is 0 Å². The third-order valence-corrected chi connectivity index (χ3v) is 4.62. The van der Waals surface area contributed by atoms with Crippen molar-refractivity contribution in [3.63, 3.8) is 0 Å². The first-order valence-electron chi connectivity index (χ1n) is 9.17. The molecular weight excluding hydrogens is 316 g/mol. The molecule has 25 heavy (non-hydrogen) atoms. The maximum atomic E-state index is 12.2. The highest BCUT2D eigenvalue weighted by molar-refractivity contribution is 5.86. The van der Waals surface area contributed by atoms with Crippen LogP contribution in [0.25, 0.3) is 0 Å². The normalized spacial score (nSPS) is 19.6. The molecule has 0 radical (unpaired) electrons. The lowest BCUT2D eigenvalue weighted by atomic mass is 10.1. The Bertz CT molecular complexity index is 564. The molecule has 1 aliphatic rings. The van der Waals surface area contributed by atoms with Crippen molar-refractivity contribution in [2.45, 2.75) is 58.2 Å². The Balaban J connectivity index is 1.80. The number of rotatable bonds is 6. The fourth-order valence-corrected chi connectivity index (χ4v) is 2.93. The van der Waals surface area contributed by atoms with Crippen molar-refractivity contribution in [2.24, 2.45) is 0 Å². The molecule has 1 aromatic carbocycles. The summed E-state index contributed by atoms with van der Waals surface area (Å²) in [4.78, 5) is 26.5. The van der Waals surface area contributed by atoms with Crippen LogP contribution in [0.4, 0.5) is 10.5 Å². The summed E-state index contributed by atoms with van der Waals surface area (Å²) in [7, 11) is 0. The second-order valence-corrected chi connectivity index (χ2v) is 6.78. The minimum atomic E-state index is -0.553. The molecule has 1 aromatic rings. The summed E-state index contributed by atoms with van der Waals surface area (Å²) in [5.74, 6) is -0.154. The van der Waals surface area contributed by atoms with Gasteiger partial charge in [0, 0.05) is 30.9 Å². The lowest BCUT2D eigenvalue weighted by Gasteiger charge is -2.35. The van der Waals surface area contributed by atoms with E-state index in [1.807, 2.05) is 32.0 Å². The molecule has 3 amide bonds. The minimum absolute atomic E-state index is 0.0822. The first-order chi connectivity index (χ1) is 12.0. The van der Waals surface area contributed by atoms with Crippen LogP contribution in [0, 0.1) is 0 Å². The van der Waals surface area contributed by atoms with Crippen LogP contribution in [0.3, 0.4) is 0 Å². The zero-order chi connectivity index (χ0) is 18.2. The fraction of sp³-hybridized carbons (Fsp3) is 0.579. The zero-order valence-corrected chi connectivity index (χ0v) is 15.4. The van der Waals surface area contributed by atoms with Gasteiger partial charge >= 0.3 is 6.03 Å². The number of urea groups is 1. The number of carbonyl (C=O) groups is 2. The smallest absolute Gasteiger partial charge is 0.315 e. The van der Waals surface area contributed by atoms with Gasteiger partial charge in [-0.05, 0) is 45.2 Å². The van der Waals surface area contributed by atoms with E-state index >= 15 is 0 Å². The van der Waals surface area contributed by atoms with E-state index in [0.29, 0.717) is 0 Å². The van der Waals surface area contributed by atoms with Crippen molar-refractivity contribution in [3.05, 3.63) is 30.3 Å². The molecule has 6 nitrogen and oxygen atoms in total. The first-order valence-corrected chi connectivity index (χ1v) is 9.17. The summed E-state index contributed by atoms with van der Waals surface area (Å²) >= 11 is 0. The standard InChI is InChI=1S/C19H30N4O2/c1-4-14(2)20-18(24)15(3)21-19(25)22-16-9-8-12-23(13-16)17-10-6-5-7-11-17/h5-7,10-11,14-16H,4,8-9,12-13H2,1-3H3,(H,20,24)(H2,21,22,25). The fourth-order valence-electron chi connectivity index (χ4n) is 2.93. The molecule has 3 N–H and O–H groups in total. The third-order valence-electron chi connectivity index (χ3n) is 4.62. The first kappa shape index (κ1) is 19.1. The van der Waals surface area contributed by atoms with E-state index in [9.17, 15) is 9.59 Å². The molecule has 3 atom stereocenters. The van der Waals surface area contributed by atoms with Gasteiger partial charge in [0.25, 0.3) is 0 Å². The van der Waals surface area contributed by atoms with Gasteiger partial charge in [-0.1, -0.05) is 25.1 Å². The van der Waals surface area contributed by atoms with Gasteiger partial charge in [0.1, 0.15) is 6.04 Å². The van der Waals surface area contributed by atoms with Crippen molar-refractivity contribution < 1.29 is 9.59 Å². The maximum Gasteiger partial charge on any atom is 0.315 e. The summed E-state index contributed by atoms with van der Waals surface area (Å²) in [5, 5.41) is 8.61. The second kappa shape index (κ2) is 9.30. The van der Waals surface area contributed by atoms with Gasteiger partial charge in [-0.25, -0.2) is 4.79 Å². The van der Waals surface area contributed by atoms with Crippen LogP contribution in [-0.2, 0) is 4.79 Å². The van der Waals surface area contributed by atoms with Gasteiger partial charge in [-0.3, -0.25) is 4.79 Å². The van der Waals surface area contributed by atoms with E-state index < -0.39 is 6.04 Å². The highest BCUT2D eigenvalue weighted by Crippen LogP contribution is 2.19. The molecule has 0 aromatic heterocycles. The molecule has 1 saturated heterocycles. The lowest BCUT2D eigenvalue weighted by molar-refractivity contribution is -0.123. The van der Waals surface area contributed by atoms with E-state index in [4.69, 9.17) is 0 Å². The Kier molecular flexibility index (Phi) is 7.10. The Morgan fingerprint density at radius 2 is 1.92 bits per heavy atom. The van der Waals surface area contributed by atoms with Gasteiger partial charge in [0.15, 0.2) is 0 Å². The Labute approximate surface area is 150 Å². The Morgan fingerprint density at radius 1 is 1.20 bits per heavy atom. The quantitative estimate of drug-likeness (QED) is 0.740. The molecule has 138 valence electrons. The largest absolute Gasteiger partial charge is 0.369 e. The van der Waals surface area contributed by atoms with Gasteiger partial charge < -0.3 is 20.9 Å². The van der Waals surface area contributed by atoms with Crippen LogP contribution < -0.4 is 20.9 Å². The van der Waals surface area contributed by atoms with E-state index in [1.54, 1.807) is 6.92 Å².